The number of hydrogen-bond acceptors (Lipinski definition) is 7. The molecule has 2 heterocycles. The number of thiazole rings is 1. The Morgan fingerprint density at radius 1 is 1.25 bits per heavy atom. The second kappa shape index (κ2) is 8.12. The van der Waals surface area contributed by atoms with Crippen LogP contribution in [0.15, 0.2) is 35.6 Å². The lowest BCUT2D eigenvalue weighted by Gasteiger charge is -2.26. The van der Waals surface area contributed by atoms with Gasteiger partial charge in [0.05, 0.1) is 40.9 Å². The molecule has 1 atom stereocenters. The number of benzene rings is 1. The third-order valence-electron chi connectivity index (χ3n) is 4.63. The molecule has 0 aliphatic carbocycles. The van der Waals surface area contributed by atoms with Crippen LogP contribution in [0.4, 0.5) is 0 Å². The fraction of sp³-hybridized carbons (Fsp3) is 0.350. The van der Waals surface area contributed by atoms with Crippen LogP contribution >= 0.6 is 11.3 Å². The van der Waals surface area contributed by atoms with Crippen molar-refractivity contribution in [3.63, 3.8) is 0 Å². The Labute approximate surface area is 167 Å². The van der Waals surface area contributed by atoms with Crippen LogP contribution in [0.2, 0.25) is 0 Å². The zero-order valence-corrected chi connectivity index (χ0v) is 17.0. The molecule has 3 rings (SSSR count). The number of aliphatic hydroxyl groups is 1. The summed E-state index contributed by atoms with van der Waals surface area (Å²) in [5, 5.41) is 11.3. The zero-order valence-electron chi connectivity index (χ0n) is 16.2. The smallest absolute Gasteiger partial charge is 0.290 e. The summed E-state index contributed by atoms with van der Waals surface area (Å²) >= 11 is 1.25. The van der Waals surface area contributed by atoms with Gasteiger partial charge in [0.2, 0.25) is 5.78 Å². The Balaban J connectivity index is 2.08. The number of aromatic nitrogens is 1. The maximum atomic E-state index is 13.3. The second-order valence-electron chi connectivity index (χ2n) is 6.41. The van der Waals surface area contributed by atoms with Gasteiger partial charge in [0.25, 0.3) is 5.91 Å². The maximum absolute atomic E-state index is 13.3. The largest absolute Gasteiger partial charge is 0.503 e. The van der Waals surface area contributed by atoms with E-state index >= 15 is 0 Å². The van der Waals surface area contributed by atoms with Crippen LogP contribution in [0.25, 0.3) is 0 Å². The topological polar surface area (TPSA) is 89.0 Å². The van der Waals surface area contributed by atoms with E-state index in [1.165, 1.54) is 23.3 Å². The van der Waals surface area contributed by atoms with Crippen molar-refractivity contribution in [1.82, 2.24) is 9.88 Å². The van der Waals surface area contributed by atoms with Crippen molar-refractivity contribution in [1.29, 1.82) is 0 Å². The van der Waals surface area contributed by atoms with Crippen LogP contribution in [-0.2, 0) is 9.53 Å². The SMILES string of the molecule is COCCN1C(=O)C(O)=C(C(=O)c2sc(C)nc2C)C1c1ccc(OC)cc1. The van der Waals surface area contributed by atoms with Gasteiger partial charge in [-0.2, -0.15) is 0 Å². The Kier molecular flexibility index (Phi) is 5.81. The van der Waals surface area contributed by atoms with Gasteiger partial charge in [0.15, 0.2) is 5.76 Å². The number of aliphatic hydroxyl groups excluding tert-OH is 1. The minimum absolute atomic E-state index is 0.0676. The molecule has 1 aromatic heterocycles. The monoisotopic (exact) mass is 402 g/mol. The van der Waals surface area contributed by atoms with E-state index in [9.17, 15) is 14.7 Å². The van der Waals surface area contributed by atoms with Crippen molar-refractivity contribution in [2.45, 2.75) is 19.9 Å². The summed E-state index contributed by atoms with van der Waals surface area (Å²) < 4.78 is 10.3. The summed E-state index contributed by atoms with van der Waals surface area (Å²) in [6, 6.07) is 6.38. The summed E-state index contributed by atoms with van der Waals surface area (Å²) in [5.74, 6) is -0.825. The van der Waals surface area contributed by atoms with E-state index in [4.69, 9.17) is 9.47 Å². The number of ketones is 1. The zero-order chi connectivity index (χ0) is 20.4. The molecule has 0 bridgehead atoms. The highest BCUT2D eigenvalue weighted by atomic mass is 32.1. The van der Waals surface area contributed by atoms with E-state index in [0.717, 1.165) is 5.01 Å². The average Bonchev–Trinajstić information content (AvgIpc) is 3.16. The van der Waals surface area contributed by atoms with Crippen molar-refractivity contribution >= 4 is 23.0 Å². The van der Waals surface area contributed by atoms with Crippen molar-refractivity contribution in [2.24, 2.45) is 0 Å². The van der Waals surface area contributed by atoms with Crippen molar-refractivity contribution in [3.05, 3.63) is 56.7 Å². The first kappa shape index (κ1) is 20.0. The molecule has 1 aliphatic rings. The molecule has 148 valence electrons. The van der Waals surface area contributed by atoms with Crippen molar-refractivity contribution in [3.8, 4) is 5.75 Å². The molecule has 0 saturated heterocycles. The summed E-state index contributed by atoms with van der Waals surface area (Å²) in [6.07, 6.45) is 0. The molecular formula is C20H22N2O5S. The lowest BCUT2D eigenvalue weighted by molar-refractivity contribution is -0.130. The molecule has 0 fully saturated rings. The highest BCUT2D eigenvalue weighted by Gasteiger charge is 2.44. The fourth-order valence-electron chi connectivity index (χ4n) is 3.30. The molecule has 7 nitrogen and oxygen atoms in total. The number of nitrogens with zero attached hydrogens (tertiary/aromatic N) is 2. The molecule has 2 aromatic rings. The van der Waals surface area contributed by atoms with Gasteiger partial charge in [0.1, 0.15) is 5.75 Å². The fourth-order valence-corrected chi connectivity index (χ4v) is 4.18. The van der Waals surface area contributed by atoms with E-state index in [2.05, 4.69) is 4.98 Å². The van der Waals surface area contributed by atoms with E-state index in [1.807, 2.05) is 6.92 Å². The molecule has 1 aliphatic heterocycles. The summed E-state index contributed by atoms with van der Waals surface area (Å²) in [6.45, 7) is 4.09. The molecule has 1 aromatic carbocycles. The van der Waals surface area contributed by atoms with Crippen LogP contribution in [0, 0.1) is 13.8 Å². The summed E-state index contributed by atoms with van der Waals surface area (Å²) in [7, 11) is 3.10. The number of Topliss-reactive ketones (excluding diaryl/α,β-unsaturated/α-hetero) is 1. The molecule has 8 heteroatoms. The third kappa shape index (κ3) is 3.53. The third-order valence-corrected chi connectivity index (χ3v) is 5.70. The van der Waals surface area contributed by atoms with Gasteiger partial charge in [-0.25, -0.2) is 4.98 Å². The van der Waals surface area contributed by atoms with Crippen LogP contribution in [0.5, 0.6) is 5.75 Å². The first-order chi connectivity index (χ1) is 13.4. The number of methoxy groups -OCH3 is 2. The number of ether oxygens (including phenoxy) is 2. The molecule has 1 N–H and O–H groups in total. The molecule has 28 heavy (non-hydrogen) atoms. The molecule has 0 radical (unpaired) electrons. The Bertz CT molecular complexity index is 933. The van der Waals surface area contributed by atoms with Crippen molar-refractivity contribution < 1.29 is 24.2 Å². The van der Waals surface area contributed by atoms with Gasteiger partial charge >= 0.3 is 0 Å². The summed E-state index contributed by atoms with van der Waals surface area (Å²) in [5.41, 5.74) is 1.36. The maximum Gasteiger partial charge on any atom is 0.290 e. The molecule has 1 amide bonds. The number of hydrogen-bond donors (Lipinski definition) is 1. The minimum atomic E-state index is -0.706. The summed E-state index contributed by atoms with van der Waals surface area (Å²) in [4.78, 5) is 32.2. The molecule has 1 unspecified atom stereocenters. The number of carbonyl (C=O) groups is 2. The quantitative estimate of drug-likeness (QED) is 0.716. The van der Waals surface area contributed by atoms with E-state index in [1.54, 1.807) is 38.3 Å². The number of aryl methyl sites for hydroxylation is 2. The Morgan fingerprint density at radius 3 is 2.46 bits per heavy atom. The minimum Gasteiger partial charge on any atom is -0.503 e. The van der Waals surface area contributed by atoms with E-state index < -0.39 is 17.7 Å². The van der Waals surface area contributed by atoms with E-state index in [-0.39, 0.29) is 24.5 Å². The highest BCUT2D eigenvalue weighted by molar-refractivity contribution is 7.14. The van der Waals surface area contributed by atoms with E-state index in [0.29, 0.717) is 21.9 Å². The molecule has 0 saturated carbocycles. The van der Waals surface area contributed by atoms with Gasteiger partial charge in [-0.15, -0.1) is 11.3 Å². The average molecular weight is 402 g/mol. The lowest BCUT2D eigenvalue weighted by atomic mass is 9.95. The molecule has 0 spiro atoms. The second-order valence-corrected chi connectivity index (χ2v) is 7.61. The predicted octanol–water partition coefficient (Wildman–Crippen LogP) is 2.99. The molecular weight excluding hydrogens is 380 g/mol. The lowest BCUT2D eigenvalue weighted by Crippen LogP contribution is -2.34. The first-order valence-electron chi connectivity index (χ1n) is 8.74. The van der Waals surface area contributed by atoms with Crippen molar-refractivity contribution in [2.75, 3.05) is 27.4 Å². The van der Waals surface area contributed by atoms with Gasteiger partial charge in [0, 0.05) is 13.7 Å². The number of amides is 1. The van der Waals surface area contributed by atoms with Gasteiger partial charge in [-0.3, -0.25) is 9.59 Å². The normalized spacial score (nSPS) is 16.8. The van der Waals surface area contributed by atoms with Gasteiger partial charge in [-0.1, -0.05) is 12.1 Å². The van der Waals surface area contributed by atoms with Crippen LogP contribution in [0.3, 0.4) is 0 Å². The van der Waals surface area contributed by atoms with Crippen LogP contribution in [0.1, 0.15) is 32.0 Å². The predicted molar refractivity (Wildman–Crippen MR) is 105 cm³/mol. The number of rotatable bonds is 7. The van der Waals surface area contributed by atoms with Gasteiger partial charge < -0.3 is 19.5 Å². The standard InChI is InChI=1S/C20H22N2O5S/c1-11-19(28-12(2)21-11)17(23)15-16(13-5-7-14(27-4)8-6-13)22(9-10-26-3)20(25)18(15)24/h5-8,16,24H,9-10H2,1-4H3. The van der Waals surface area contributed by atoms with Gasteiger partial charge in [-0.05, 0) is 31.5 Å². The highest BCUT2D eigenvalue weighted by Crippen LogP contribution is 2.40. The van der Waals surface area contributed by atoms with Crippen LogP contribution < -0.4 is 4.74 Å². The Morgan fingerprint density at radius 2 is 1.93 bits per heavy atom. The first-order valence-corrected chi connectivity index (χ1v) is 9.56. The van der Waals surface area contributed by atoms with Crippen LogP contribution in [-0.4, -0.2) is 54.1 Å². The Hall–Kier alpha value is -2.71. The number of carbonyl (C=O) groups excluding carboxylic acids is 2.